The molecule has 6 nitrogen and oxygen atoms in total. The van der Waals surface area contributed by atoms with Gasteiger partial charge in [-0.1, -0.05) is 0 Å². The molecule has 0 aliphatic rings. The van der Waals surface area contributed by atoms with Gasteiger partial charge in [0.2, 0.25) is 5.91 Å². The lowest BCUT2D eigenvalue weighted by molar-refractivity contribution is -0.121. The Kier molecular flexibility index (Phi) is 5.32. The lowest BCUT2D eigenvalue weighted by Crippen LogP contribution is -2.20. The van der Waals surface area contributed by atoms with Crippen LogP contribution in [0.2, 0.25) is 0 Å². The predicted octanol–water partition coefficient (Wildman–Crippen LogP) is 1.76. The van der Waals surface area contributed by atoms with Crippen LogP contribution in [0, 0.1) is 0 Å². The molecule has 0 radical (unpaired) electrons. The number of rotatable bonds is 6. The first kappa shape index (κ1) is 15.0. The third-order valence-electron chi connectivity index (χ3n) is 2.26. The van der Waals surface area contributed by atoms with Crippen molar-refractivity contribution >= 4 is 17.6 Å². The first-order chi connectivity index (χ1) is 8.93. The van der Waals surface area contributed by atoms with E-state index in [0.29, 0.717) is 5.69 Å². The van der Waals surface area contributed by atoms with Crippen LogP contribution < -0.4 is 10.1 Å². The van der Waals surface area contributed by atoms with Gasteiger partial charge in [0, 0.05) is 11.8 Å². The standard InChI is InChI=1S/C13H17NO5/c1-8(2)19-7-12(15)14-9-4-5-10(13(16)17)11(6-9)18-3/h4-6,8H,7H2,1-3H3,(H,14,15)(H,16,17). The van der Waals surface area contributed by atoms with Crippen molar-refractivity contribution in [1.29, 1.82) is 0 Å². The number of aromatic carboxylic acids is 1. The highest BCUT2D eigenvalue weighted by Crippen LogP contribution is 2.23. The SMILES string of the molecule is COc1cc(NC(=O)COC(C)C)ccc1C(=O)O. The number of carboxylic acids is 1. The van der Waals surface area contributed by atoms with Gasteiger partial charge >= 0.3 is 5.97 Å². The van der Waals surface area contributed by atoms with Crippen LogP contribution in [0.4, 0.5) is 5.69 Å². The Bertz CT molecular complexity index is 470. The van der Waals surface area contributed by atoms with Crippen molar-refractivity contribution in [2.75, 3.05) is 19.0 Å². The highest BCUT2D eigenvalue weighted by molar-refractivity contribution is 5.95. The van der Waals surface area contributed by atoms with Gasteiger partial charge in [-0.2, -0.15) is 0 Å². The number of methoxy groups -OCH3 is 1. The molecule has 1 rings (SSSR count). The van der Waals surface area contributed by atoms with Crippen molar-refractivity contribution < 1.29 is 24.2 Å². The molecule has 0 aromatic heterocycles. The fourth-order valence-corrected chi connectivity index (χ4v) is 1.39. The van der Waals surface area contributed by atoms with E-state index >= 15 is 0 Å². The third-order valence-corrected chi connectivity index (χ3v) is 2.26. The van der Waals surface area contributed by atoms with Crippen LogP contribution in [-0.2, 0) is 9.53 Å². The number of anilines is 1. The summed E-state index contributed by atoms with van der Waals surface area (Å²) in [5, 5.41) is 11.5. The molecule has 0 saturated heterocycles. The van der Waals surface area contributed by atoms with E-state index in [-0.39, 0.29) is 29.9 Å². The quantitative estimate of drug-likeness (QED) is 0.820. The van der Waals surface area contributed by atoms with Gasteiger partial charge in [0.25, 0.3) is 0 Å². The maximum absolute atomic E-state index is 11.5. The molecule has 0 atom stereocenters. The minimum atomic E-state index is -1.09. The number of nitrogens with one attached hydrogen (secondary N) is 1. The summed E-state index contributed by atoms with van der Waals surface area (Å²) in [5.41, 5.74) is 0.498. The van der Waals surface area contributed by atoms with E-state index < -0.39 is 5.97 Å². The zero-order valence-electron chi connectivity index (χ0n) is 11.1. The summed E-state index contributed by atoms with van der Waals surface area (Å²) >= 11 is 0. The van der Waals surface area contributed by atoms with Crippen LogP contribution in [0.25, 0.3) is 0 Å². The van der Waals surface area contributed by atoms with Crippen LogP contribution >= 0.6 is 0 Å². The molecule has 1 aromatic rings. The molecule has 1 aromatic carbocycles. The van der Waals surface area contributed by atoms with Gasteiger partial charge in [-0.25, -0.2) is 4.79 Å². The van der Waals surface area contributed by atoms with E-state index in [9.17, 15) is 9.59 Å². The number of carbonyl (C=O) groups excluding carboxylic acids is 1. The van der Waals surface area contributed by atoms with Crippen LogP contribution in [0.3, 0.4) is 0 Å². The Balaban J connectivity index is 2.74. The van der Waals surface area contributed by atoms with Crippen LogP contribution in [0.1, 0.15) is 24.2 Å². The van der Waals surface area contributed by atoms with Crippen LogP contribution in [0.5, 0.6) is 5.75 Å². The number of carboxylic acid groups (broad SMARTS) is 1. The summed E-state index contributed by atoms with van der Waals surface area (Å²) in [4.78, 5) is 22.4. The monoisotopic (exact) mass is 267 g/mol. The lowest BCUT2D eigenvalue weighted by Gasteiger charge is -2.10. The first-order valence-corrected chi connectivity index (χ1v) is 5.76. The van der Waals surface area contributed by atoms with Crippen molar-refractivity contribution in [3.05, 3.63) is 23.8 Å². The summed E-state index contributed by atoms with van der Waals surface area (Å²) in [6.45, 7) is 3.61. The normalized spacial score (nSPS) is 10.3. The topological polar surface area (TPSA) is 84.9 Å². The second-order valence-electron chi connectivity index (χ2n) is 4.13. The second-order valence-corrected chi connectivity index (χ2v) is 4.13. The minimum Gasteiger partial charge on any atom is -0.496 e. The fourth-order valence-electron chi connectivity index (χ4n) is 1.39. The Labute approximate surface area is 111 Å². The van der Waals surface area contributed by atoms with Gasteiger partial charge in [-0.15, -0.1) is 0 Å². The number of carbonyl (C=O) groups is 2. The molecule has 19 heavy (non-hydrogen) atoms. The number of benzene rings is 1. The summed E-state index contributed by atoms with van der Waals surface area (Å²) < 4.78 is 10.1. The molecule has 104 valence electrons. The van der Waals surface area contributed by atoms with Crippen molar-refractivity contribution in [3.8, 4) is 5.75 Å². The van der Waals surface area contributed by atoms with E-state index in [2.05, 4.69) is 5.32 Å². The van der Waals surface area contributed by atoms with E-state index in [1.54, 1.807) is 0 Å². The second kappa shape index (κ2) is 6.75. The summed E-state index contributed by atoms with van der Waals surface area (Å²) in [5.74, 6) is -1.20. The van der Waals surface area contributed by atoms with Crippen molar-refractivity contribution in [2.24, 2.45) is 0 Å². The van der Waals surface area contributed by atoms with Crippen molar-refractivity contribution in [1.82, 2.24) is 0 Å². The van der Waals surface area contributed by atoms with Gasteiger partial charge in [0.05, 0.1) is 13.2 Å². The maximum Gasteiger partial charge on any atom is 0.339 e. The molecule has 0 saturated carbocycles. The molecule has 2 N–H and O–H groups in total. The average molecular weight is 267 g/mol. The van der Waals surface area contributed by atoms with Gasteiger partial charge in [0.15, 0.2) is 0 Å². The molecule has 0 fully saturated rings. The number of hydrogen-bond acceptors (Lipinski definition) is 4. The molecule has 0 bridgehead atoms. The maximum atomic E-state index is 11.5. The zero-order valence-corrected chi connectivity index (χ0v) is 11.1. The highest BCUT2D eigenvalue weighted by atomic mass is 16.5. The molecule has 0 spiro atoms. The summed E-state index contributed by atoms with van der Waals surface area (Å²) in [6.07, 6.45) is -0.0327. The average Bonchev–Trinajstić information content (AvgIpc) is 2.35. The van der Waals surface area contributed by atoms with E-state index in [0.717, 1.165) is 0 Å². The van der Waals surface area contributed by atoms with Gasteiger partial charge in [0.1, 0.15) is 17.9 Å². The molecular formula is C13H17NO5. The molecule has 0 aliphatic carbocycles. The molecule has 0 unspecified atom stereocenters. The number of ether oxygens (including phenoxy) is 2. The molecule has 0 aliphatic heterocycles. The smallest absolute Gasteiger partial charge is 0.339 e. The summed E-state index contributed by atoms with van der Waals surface area (Å²) in [7, 11) is 1.37. The van der Waals surface area contributed by atoms with Gasteiger partial charge < -0.3 is 19.9 Å². The largest absolute Gasteiger partial charge is 0.496 e. The van der Waals surface area contributed by atoms with Crippen molar-refractivity contribution in [2.45, 2.75) is 20.0 Å². The Morgan fingerprint density at radius 1 is 1.37 bits per heavy atom. The molecule has 6 heteroatoms. The van der Waals surface area contributed by atoms with E-state index in [4.69, 9.17) is 14.6 Å². The van der Waals surface area contributed by atoms with Gasteiger partial charge in [-0.3, -0.25) is 4.79 Å². The van der Waals surface area contributed by atoms with E-state index in [1.807, 2.05) is 13.8 Å². The number of amides is 1. The molecule has 0 heterocycles. The van der Waals surface area contributed by atoms with Crippen molar-refractivity contribution in [3.63, 3.8) is 0 Å². The molecule has 1 amide bonds. The predicted molar refractivity (Wildman–Crippen MR) is 69.7 cm³/mol. The van der Waals surface area contributed by atoms with Crippen LogP contribution in [-0.4, -0.2) is 36.8 Å². The Morgan fingerprint density at radius 3 is 2.58 bits per heavy atom. The zero-order chi connectivity index (χ0) is 14.4. The van der Waals surface area contributed by atoms with E-state index in [1.165, 1.54) is 25.3 Å². The molecular weight excluding hydrogens is 250 g/mol. The number of hydrogen-bond donors (Lipinski definition) is 2. The Hall–Kier alpha value is -2.08. The van der Waals surface area contributed by atoms with Crippen LogP contribution in [0.15, 0.2) is 18.2 Å². The third kappa shape index (κ3) is 4.59. The summed E-state index contributed by atoms with van der Waals surface area (Å²) in [6, 6.07) is 4.33. The highest BCUT2D eigenvalue weighted by Gasteiger charge is 2.12. The minimum absolute atomic E-state index is 0.0327. The van der Waals surface area contributed by atoms with Gasteiger partial charge in [-0.05, 0) is 26.0 Å². The fraction of sp³-hybridized carbons (Fsp3) is 0.385. The first-order valence-electron chi connectivity index (χ1n) is 5.76. The lowest BCUT2D eigenvalue weighted by atomic mass is 10.2. The Morgan fingerprint density at radius 2 is 2.05 bits per heavy atom.